The van der Waals surface area contributed by atoms with E-state index in [1.807, 2.05) is 18.2 Å². The van der Waals surface area contributed by atoms with Crippen LogP contribution in [0.3, 0.4) is 0 Å². The lowest BCUT2D eigenvalue weighted by atomic mass is 10.3. The molecule has 15 heavy (non-hydrogen) atoms. The fourth-order valence-electron chi connectivity index (χ4n) is 0.963. The van der Waals surface area contributed by atoms with Crippen LogP contribution < -0.4 is 4.74 Å². The van der Waals surface area contributed by atoms with Gasteiger partial charge in [0.25, 0.3) is 5.24 Å². The van der Waals surface area contributed by atoms with Crippen molar-refractivity contribution >= 4 is 16.8 Å². The lowest BCUT2D eigenvalue weighted by Crippen LogP contribution is -2.25. The van der Waals surface area contributed by atoms with E-state index >= 15 is 0 Å². The van der Waals surface area contributed by atoms with E-state index < -0.39 is 11.3 Å². The van der Waals surface area contributed by atoms with E-state index in [4.69, 9.17) is 21.1 Å². The number of hydrogen-bond acceptors (Lipinski definition) is 3. The fraction of sp³-hybridized carbons (Fsp3) is 0.182. The third-order valence-corrected chi connectivity index (χ3v) is 1.90. The summed E-state index contributed by atoms with van der Waals surface area (Å²) in [5.41, 5.74) is 0. The highest BCUT2D eigenvalue weighted by molar-refractivity contribution is 6.64. The third-order valence-electron chi connectivity index (χ3n) is 1.66. The Kier molecular flexibility index (Phi) is 4.71. The van der Waals surface area contributed by atoms with Crippen molar-refractivity contribution in [2.45, 2.75) is 6.10 Å². The van der Waals surface area contributed by atoms with Gasteiger partial charge in [0.05, 0.1) is 6.26 Å². The lowest BCUT2D eigenvalue weighted by molar-refractivity contribution is -0.120. The Hall–Kier alpha value is -1.48. The zero-order valence-electron chi connectivity index (χ0n) is 8.06. The molecule has 0 aromatic heterocycles. The van der Waals surface area contributed by atoms with E-state index in [9.17, 15) is 4.79 Å². The largest absolute Gasteiger partial charge is 0.489 e. The van der Waals surface area contributed by atoms with Crippen LogP contribution in [-0.2, 0) is 9.53 Å². The van der Waals surface area contributed by atoms with E-state index in [-0.39, 0.29) is 6.61 Å². The molecule has 3 nitrogen and oxygen atoms in total. The minimum Gasteiger partial charge on any atom is -0.489 e. The summed E-state index contributed by atoms with van der Waals surface area (Å²) in [6.45, 7) is 3.42. The molecule has 0 saturated heterocycles. The van der Waals surface area contributed by atoms with Gasteiger partial charge >= 0.3 is 0 Å². The van der Waals surface area contributed by atoms with Gasteiger partial charge in [-0.05, 0) is 23.7 Å². The first kappa shape index (κ1) is 11.6. The second-order valence-corrected chi connectivity index (χ2v) is 3.09. The van der Waals surface area contributed by atoms with Gasteiger partial charge in [-0.2, -0.15) is 0 Å². The normalized spacial score (nSPS) is 11.5. The van der Waals surface area contributed by atoms with Crippen molar-refractivity contribution in [3.8, 4) is 5.75 Å². The van der Waals surface area contributed by atoms with Gasteiger partial charge in [-0.3, -0.25) is 4.79 Å². The van der Waals surface area contributed by atoms with Crippen LogP contribution in [0.1, 0.15) is 0 Å². The fourth-order valence-corrected chi connectivity index (χ4v) is 1.08. The van der Waals surface area contributed by atoms with Crippen molar-refractivity contribution in [2.24, 2.45) is 0 Å². The van der Waals surface area contributed by atoms with Crippen molar-refractivity contribution < 1.29 is 14.3 Å². The molecule has 1 atom stereocenters. The first-order valence-electron chi connectivity index (χ1n) is 4.37. The maximum Gasteiger partial charge on any atom is 0.265 e. The van der Waals surface area contributed by atoms with E-state index in [1.165, 1.54) is 6.26 Å². The maximum absolute atomic E-state index is 10.9. The van der Waals surface area contributed by atoms with Crippen LogP contribution in [0.4, 0.5) is 0 Å². The Balaban J connectivity index is 2.47. The highest BCUT2D eigenvalue weighted by Crippen LogP contribution is 2.10. The van der Waals surface area contributed by atoms with Gasteiger partial charge in [-0.15, -0.1) is 0 Å². The molecular formula is C11H11ClO3. The smallest absolute Gasteiger partial charge is 0.265 e. The summed E-state index contributed by atoms with van der Waals surface area (Å²) in [5, 5.41) is -0.606. The van der Waals surface area contributed by atoms with Gasteiger partial charge < -0.3 is 9.47 Å². The summed E-state index contributed by atoms with van der Waals surface area (Å²) >= 11 is 5.30. The molecule has 0 amide bonds. The Morgan fingerprint density at radius 1 is 1.47 bits per heavy atom. The van der Waals surface area contributed by atoms with E-state index in [0.29, 0.717) is 5.75 Å². The summed E-state index contributed by atoms with van der Waals surface area (Å²) in [7, 11) is 0. The molecule has 80 valence electrons. The zero-order valence-corrected chi connectivity index (χ0v) is 8.81. The van der Waals surface area contributed by atoms with Crippen LogP contribution >= 0.6 is 11.6 Å². The molecule has 1 rings (SSSR count). The predicted molar refractivity (Wildman–Crippen MR) is 57.9 cm³/mol. The molecule has 0 heterocycles. The summed E-state index contributed by atoms with van der Waals surface area (Å²) < 4.78 is 10.2. The van der Waals surface area contributed by atoms with Crippen LogP contribution in [0.2, 0.25) is 0 Å². The maximum atomic E-state index is 10.9. The molecule has 0 aliphatic heterocycles. The third kappa shape index (κ3) is 4.04. The quantitative estimate of drug-likeness (QED) is 0.552. The molecule has 1 aromatic rings. The van der Waals surface area contributed by atoms with Crippen LogP contribution in [0.25, 0.3) is 0 Å². The van der Waals surface area contributed by atoms with Crippen molar-refractivity contribution in [1.82, 2.24) is 0 Å². The standard InChI is InChI=1S/C11H11ClO3/c1-2-14-10(11(12)13)8-15-9-6-4-3-5-7-9/h2-7,10H,1,8H2. The van der Waals surface area contributed by atoms with Crippen molar-refractivity contribution in [2.75, 3.05) is 6.61 Å². The van der Waals surface area contributed by atoms with E-state index in [2.05, 4.69) is 6.58 Å². The number of para-hydroxylation sites is 1. The van der Waals surface area contributed by atoms with Gasteiger partial charge in [0.2, 0.25) is 6.10 Å². The van der Waals surface area contributed by atoms with Gasteiger partial charge in [0.15, 0.2) is 0 Å². The average Bonchev–Trinajstić information content (AvgIpc) is 2.25. The molecule has 0 spiro atoms. The van der Waals surface area contributed by atoms with Crippen molar-refractivity contribution in [3.63, 3.8) is 0 Å². The molecule has 0 aliphatic rings. The Bertz CT molecular complexity index is 324. The Morgan fingerprint density at radius 2 is 2.13 bits per heavy atom. The molecule has 0 saturated carbocycles. The number of ether oxygens (including phenoxy) is 2. The second-order valence-electron chi connectivity index (χ2n) is 2.72. The minimum atomic E-state index is -0.815. The minimum absolute atomic E-state index is 0.0678. The predicted octanol–water partition coefficient (Wildman–Crippen LogP) is 2.36. The summed E-state index contributed by atoms with van der Waals surface area (Å²) in [6, 6.07) is 9.10. The molecule has 1 unspecified atom stereocenters. The highest BCUT2D eigenvalue weighted by Gasteiger charge is 2.17. The summed E-state index contributed by atoms with van der Waals surface area (Å²) in [5.74, 6) is 0.660. The highest BCUT2D eigenvalue weighted by atomic mass is 35.5. The van der Waals surface area contributed by atoms with Crippen molar-refractivity contribution in [3.05, 3.63) is 43.2 Å². The monoisotopic (exact) mass is 226 g/mol. The molecule has 1 aromatic carbocycles. The molecular weight excluding hydrogens is 216 g/mol. The van der Waals surface area contributed by atoms with E-state index in [1.54, 1.807) is 12.1 Å². The Morgan fingerprint density at radius 3 is 2.67 bits per heavy atom. The topological polar surface area (TPSA) is 35.5 Å². The number of carbonyl (C=O) groups excluding carboxylic acids is 1. The first-order chi connectivity index (χ1) is 7.24. The molecule has 0 fully saturated rings. The van der Waals surface area contributed by atoms with Gasteiger partial charge in [0, 0.05) is 0 Å². The number of carbonyl (C=O) groups is 1. The van der Waals surface area contributed by atoms with Crippen LogP contribution in [0.5, 0.6) is 5.75 Å². The zero-order chi connectivity index (χ0) is 11.1. The summed E-state index contributed by atoms with van der Waals surface area (Å²) in [4.78, 5) is 10.9. The lowest BCUT2D eigenvalue weighted by Gasteiger charge is -2.13. The summed E-state index contributed by atoms with van der Waals surface area (Å²) in [6.07, 6.45) is 0.351. The van der Waals surface area contributed by atoms with Gasteiger partial charge in [-0.1, -0.05) is 24.8 Å². The molecule has 0 aliphatic carbocycles. The van der Waals surface area contributed by atoms with Crippen molar-refractivity contribution in [1.29, 1.82) is 0 Å². The van der Waals surface area contributed by atoms with E-state index in [0.717, 1.165) is 0 Å². The average molecular weight is 227 g/mol. The number of hydrogen-bond donors (Lipinski definition) is 0. The Labute approximate surface area is 93.3 Å². The number of halogens is 1. The van der Waals surface area contributed by atoms with Crippen LogP contribution in [0.15, 0.2) is 43.2 Å². The first-order valence-corrected chi connectivity index (χ1v) is 4.75. The molecule has 0 bridgehead atoms. The SMILES string of the molecule is C=COC(COc1ccccc1)C(=O)Cl. The van der Waals surface area contributed by atoms with Crippen LogP contribution in [-0.4, -0.2) is 18.0 Å². The number of rotatable bonds is 6. The van der Waals surface area contributed by atoms with Crippen LogP contribution in [0, 0.1) is 0 Å². The number of benzene rings is 1. The van der Waals surface area contributed by atoms with Gasteiger partial charge in [0.1, 0.15) is 12.4 Å². The molecule has 4 heteroatoms. The second kappa shape index (κ2) is 6.09. The molecule has 0 N–H and O–H groups in total. The van der Waals surface area contributed by atoms with Gasteiger partial charge in [-0.25, -0.2) is 0 Å². The molecule has 0 radical (unpaired) electrons.